The molecule has 5 nitrogen and oxygen atoms in total. The van der Waals surface area contributed by atoms with Crippen LogP contribution in [0.3, 0.4) is 0 Å². The van der Waals surface area contributed by atoms with Crippen molar-refractivity contribution >= 4 is 11.5 Å². The number of nitrogens with one attached hydrogen (secondary N) is 1. The van der Waals surface area contributed by atoms with Gasteiger partial charge in [0.1, 0.15) is 5.82 Å². The SMILES string of the molecule is CC/C=C\C=C(/CC)n1nc(OCC2CN(C)C2)c(C)c1NC. The summed E-state index contributed by atoms with van der Waals surface area (Å²) in [6.45, 7) is 9.31. The van der Waals surface area contributed by atoms with Crippen LogP contribution in [0.4, 0.5) is 5.82 Å². The molecule has 0 radical (unpaired) electrons. The largest absolute Gasteiger partial charge is 0.476 e. The van der Waals surface area contributed by atoms with Gasteiger partial charge in [-0.15, -0.1) is 5.10 Å². The van der Waals surface area contributed by atoms with Crippen LogP contribution in [0.25, 0.3) is 5.70 Å². The molecule has 0 aromatic carbocycles. The smallest absolute Gasteiger partial charge is 0.238 e. The zero-order valence-electron chi connectivity index (χ0n) is 15.1. The molecule has 0 atom stereocenters. The predicted molar refractivity (Wildman–Crippen MR) is 97.0 cm³/mol. The lowest BCUT2D eigenvalue weighted by molar-refractivity contribution is 0.0834. The average Bonchev–Trinajstić information content (AvgIpc) is 2.83. The maximum absolute atomic E-state index is 5.99. The number of hydrogen-bond acceptors (Lipinski definition) is 4. The lowest BCUT2D eigenvalue weighted by Crippen LogP contribution is -2.46. The Kier molecular flexibility index (Phi) is 6.28. The lowest BCUT2D eigenvalue weighted by Gasteiger charge is -2.35. The minimum atomic E-state index is 0.622. The van der Waals surface area contributed by atoms with Crippen LogP contribution < -0.4 is 10.1 Å². The first-order valence-corrected chi connectivity index (χ1v) is 8.55. The van der Waals surface area contributed by atoms with Crippen LogP contribution in [0.5, 0.6) is 5.88 Å². The molecule has 0 saturated carbocycles. The van der Waals surface area contributed by atoms with E-state index in [1.165, 1.54) is 0 Å². The minimum absolute atomic E-state index is 0.622. The van der Waals surface area contributed by atoms with Gasteiger partial charge in [0.15, 0.2) is 0 Å². The van der Waals surface area contributed by atoms with Crippen LogP contribution in [0, 0.1) is 12.8 Å². The summed E-state index contributed by atoms with van der Waals surface area (Å²) < 4.78 is 7.96. The molecule has 0 spiro atoms. The highest BCUT2D eigenvalue weighted by molar-refractivity contribution is 5.60. The molecule has 1 N–H and O–H groups in total. The number of aromatic nitrogens is 2. The zero-order valence-corrected chi connectivity index (χ0v) is 15.1. The lowest BCUT2D eigenvalue weighted by atomic mass is 10.0. The van der Waals surface area contributed by atoms with Crippen molar-refractivity contribution in [3.8, 4) is 5.88 Å². The van der Waals surface area contributed by atoms with Crippen molar-refractivity contribution in [3.05, 3.63) is 23.8 Å². The maximum Gasteiger partial charge on any atom is 0.238 e. The zero-order chi connectivity index (χ0) is 16.8. The van der Waals surface area contributed by atoms with Crippen LogP contribution in [0.2, 0.25) is 0 Å². The van der Waals surface area contributed by atoms with Gasteiger partial charge >= 0.3 is 0 Å². The second-order valence-corrected chi connectivity index (χ2v) is 6.19. The van der Waals surface area contributed by atoms with Gasteiger partial charge in [0.2, 0.25) is 5.88 Å². The molecule has 1 saturated heterocycles. The summed E-state index contributed by atoms with van der Waals surface area (Å²) >= 11 is 0. The molecule has 5 heteroatoms. The molecule has 0 aliphatic carbocycles. The van der Waals surface area contributed by atoms with E-state index >= 15 is 0 Å². The molecule has 1 aromatic heterocycles. The van der Waals surface area contributed by atoms with Crippen LogP contribution in [-0.4, -0.2) is 48.5 Å². The Morgan fingerprint density at radius 1 is 1.39 bits per heavy atom. The summed E-state index contributed by atoms with van der Waals surface area (Å²) in [5.41, 5.74) is 2.22. The third kappa shape index (κ3) is 4.16. The van der Waals surface area contributed by atoms with Crippen LogP contribution >= 0.6 is 0 Å². The van der Waals surface area contributed by atoms with Crippen molar-refractivity contribution in [2.24, 2.45) is 5.92 Å². The van der Waals surface area contributed by atoms with Crippen LogP contribution in [-0.2, 0) is 0 Å². The normalized spacial score (nSPS) is 16.8. The molecule has 1 aliphatic heterocycles. The van der Waals surface area contributed by atoms with Gasteiger partial charge < -0.3 is 15.0 Å². The molecule has 1 aromatic rings. The first-order chi connectivity index (χ1) is 11.1. The van der Waals surface area contributed by atoms with Crippen molar-refractivity contribution in [3.63, 3.8) is 0 Å². The number of allylic oxidation sites excluding steroid dienone is 4. The molecule has 1 fully saturated rings. The molecular weight excluding hydrogens is 288 g/mol. The number of rotatable bonds is 8. The van der Waals surface area contributed by atoms with E-state index in [1.807, 2.05) is 11.7 Å². The third-order valence-electron chi connectivity index (χ3n) is 4.21. The van der Waals surface area contributed by atoms with Gasteiger partial charge in [0.25, 0.3) is 0 Å². The maximum atomic E-state index is 5.99. The van der Waals surface area contributed by atoms with Crippen molar-refractivity contribution in [1.82, 2.24) is 14.7 Å². The molecule has 0 bridgehead atoms. The molecule has 0 amide bonds. The highest BCUT2D eigenvalue weighted by Crippen LogP contribution is 2.29. The van der Waals surface area contributed by atoms with Gasteiger partial charge in [-0.1, -0.05) is 26.0 Å². The summed E-state index contributed by atoms with van der Waals surface area (Å²) in [7, 11) is 4.07. The summed E-state index contributed by atoms with van der Waals surface area (Å²) in [5, 5.41) is 7.96. The molecule has 23 heavy (non-hydrogen) atoms. The highest BCUT2D eigenvalue weighted by atomic mass is 16.5. The molecular formula is C18H30N4O. The molecule has 2 heterocycles. The van der Waals surface area contributed by atoms with Gasteiger partial charge in [-0.05, 0) is 32.9 Å². The van der Waals surface area contributed by atoms with E-state index < -0.39 is 0 Å². The van der Waals surface area contributed by atoms with Crippen LogP contribution in [0.1, 0.15) is 32.3 Å². The van der Waals surface area contributed by atoms with Gasteiger partial charge in [0.05, 0.1) is 12.2 Å². The summed E-state index contributed by atoms with van der Waals surface area (Å²) in [6.07, 6.45) is 8.32. The van der Waals surface area contributed by atoms with Gasteiger partial charge in [-0.25, -0.2) is 4.68 Å². The van der Waals surface area contributed by atoms with Crippen molar-refractivity contribution < 1.29 is 4.74 Å². The van der Waals surface area contributed by atoms with E-state index in [-0.39, 0.29) is 0 Å². The average molecular weight is 318 g/mol. The topological polar surface area (TPSA) is 42.3 Å². The Labute approximate surface area is 140 Å². The number of ether oxygens (including phenoxy) is 1. The van der Waals surface area contributed by atoms with E-state index in [0.29, 0.717) is 5.92 Å². The Morgan fingerprint density at radius 3 is 2.70 bits per heavy atom. The number of nitrogens with zero attached hydrogens (tertiary/aromatic N) is 3. The van der Waals surface area contributed by atoms with E-state index in [9.17, 15) is 0 Å². The third-order valence-corrected chi connectivity index (χ3v) is 4.21. The summed E-state index contributed by atoms with van der Waals surface area (Å²) in [6, 6.07) is 0. The fourth-order valence-electron chi connectivity index (χ4n) is 2.90. The first kappa shape index (κ1) is 17.6. The van der Waals surface area contributed by atoms with E-state index in [0.717, 1.165) is 55.5 Å². The Bertz CT molecular complexity index is 568. The quantitative estimate of drug-likeness (QED) is 0.746. The monoisotopic (exact) mass is 318 g/mol. The first-order valence-electron chi connectivity index (χ1n) is 8.55. The standard InChI is InChI=1S/C18H30N4O/c1-6-8-9-10-16(7-2)22-17(19-4)14(3)18(20-22)23-13-15-11-21(5)12-15/h8-10,15,19H,6-7,11-13H2,1-5H3/b9-8-,16-10+. The fraction of sp³-hybridized carbons (Fsp3) is 0.611. The fourth-order valence-corrected chi connectivity index (χ4v) is 2.90. The molecule has 2 rings (SSSR count). The van der Waals surface area contributed by atoms with Gasteiger partial charge in [0, 0.05) is 31.8 Å². The van der Waals surface area contributed by atoms with Gasteiger partial charge in [-0.3, -0.25) is 0 Å². The van der Waals surface area contributed by atoms with Crippen molar-refractivity contribution in [2.45, 2.75) is 33.6 Å². The second kappa shape index (κ2) is 8.20. The van der Waals surface area contributed by atoms with E-state index in [4.69, 9.17) is 9.84 Å². The van der Waals surface area contributed by atoms with Crippen molar-refractivity contribution in [1.29, 1.82) is 0 Å². The molecule has 0 unspecified atom stereocenters. The Balaban J connectivity index is 2.16. The predicted octanol–water partition coefficient (Wildman–Crippen LogP) is 3.39. The molecule has 1 aliphatic rings. The molecule has 128 valence electrons. The number of anilines is 1. The van der Waals surface area contributed by atoms with E-state index in [2.05, 4.69) is 56.3 Å². The highest BCUT2D eigenvalue weighted by Gasteiger charge is 2.25. The van der Waals surface area contributed by atoms with Gasteiger partial charge in [-0.2, -0.15) is 0 Å². The Morgan fingerprint density at radius 2 is 2.13 bits per heavy atom. The van der Waals surface area contributed by atoms with Crippen molar-refractivity contribution in [2.75, 3.05) is 39.1 Å². The Hall–Kier alpha value is -1.75. The summed E-state index contributed by atoms with van der Waals surface area (Å²) in [4.78, 5) is 2.30. The minimum Gasteiger partial charge on any atom is -0.476 e. The van der Waals surface area contributed by atoms with E-state index in [1.54, 1.807) is 0 Å². The number of likely N-dealkylation sites (tertiary alicyclic amines) is 1. The summed E-state index contributed by atoms with van der Waals surface area (Å²) in [5.74, 6) is 2.36. The second-order valence-electron chi connectivity index (χ2n) is 6.19. The van der Waals surface area contributed by atoms with Crippen LogP contribution in [0.15, 0.2) is 18.2 Å². The number of hydrogen-bond donors (Lipinski definition) is 1.